The Morgan fingerprint density at radius 1 is 1.33 bits per heavy atom. The van der Waals surface area contributed by atoms with Gasteiger partial charge >= 0.3 is 6.03 Å². The Kier molecular flexibility index (Phi) is 4.78. The summed E-state index contributed by atoms with van der Waals surface area (Å²) in [6.07, 6.45) is 0. The number of amides is 3. The topological polar surface area (TPSA) is 117 Å². The van der Waals surface area contributed by atoms with Gasteiger partial charge in [0.1, 0.15) is 5.82 Å². The molecule has 9 nitrogen and oxygen atoms in total. The molecule has 0 radical (unpaired) electrons. The van der Waals surface area contributed by atoms with Crippen molar-refractivity contribution < 1.29 is 9.59 Å². The van der Waals surface area contributed by atoms with E-state index in [4.69, 9.17) is 5.73 Å². The number of carbonyl (C=O) groups excluding carboxylic acids is 2. The third-order valence-electron chi connectivity index (χ3n) is 2.71. The first-order chi connectivity index (χ1) is 9.97. The van der Waals surface area contributed by atoms with Crippen molar-refractivity contribution in [2.24, 2.45) is 0 Å². The number of imide groups is 1. The van der Waals surface area contributed by atoms with Crippen molar-refractivity contribution in [2.45, 2.75) is 5.75 Å². The molecule has 1 aromatic heterocycles. The molecule has 0 bridgehead atoms. The van der Waals surface area contributed by atoms with Gasteiger partial charge in [-0.2, -0.15) is 26.7 Å². The van der Waals surface area contributed by atoms with E-state index in [1.807, 2.05) is 14.1 Å². The van der Waals surface area contributed by atoms with Crippen LogP contribution >= 0.6 is 11.8 Å². The number of rotatable bonds is 6. The molecule has 2 rings (SSSR count). The van der Waals surface area contributed by atoms with Crippen LogP contribution in [0.15, 0.2) is 0 Å². The summed E-state index contributed by atoms with van der Waals surface area (Å²) in [5.74, 6) is 2.22. The number of thioether (sulfide) groups is 1. The van der Waals surface area contributed by atoms with E-state index in [1.54, 1.807) is 4.90 Å². The SMILES string of the molecule is CN(C)c1nc(N)nc(CSCCN2C(=O)CNC2=O)n1. The number of nitrogens with zero attached hydrogens (tertiary/aromatic N) is 5. The van der Waals surface area contributed by atoms with Gasteiger partial charge in [0.15, 0.2) is 0 Å². The van der Waals surface area contributed by atoms with Crippen LogP contribution in [-0.4, -0.2) is 64.7 Å². The third-order valence-corrected chi connectivity index (χ3v) is 3.65. The predicted octanol–water partition coefficient (Wildman–Crippen LogP) is -0.695. The monoisotopic (exact) mass is 311 g/mol. The van der Waals surface area contributed by atoms with Crippen molar-refractivity contribution in [3.05, 3.63) is 5.82 Å². The zero-order valence-electron chi connectivity index (χ0n) is 11.9. The van der Waals surface area contributed by atoms with E-state index >= 15 is 0 Å². The number of hydrogen-bond donors (Lipinski definition) is 2. The largest absolute Gasteiger partial charge is 0.368 e. The molecule has 0 unspecified atom stereocenters. The number of anilines is 2. The van der Waals surface area contributed by atoms with E-state index in [2.05, 4.69) is 20.3 Å². The summed E-state index contributed by atoms with van der Waals surface area (Å²) in [4.78, 5) is 38.0. The molecule has 3 amide bonds. The number of nitrogens with one attached hydrogen (secondary N) is 1. The van der Waals surface area contributed by atoms with Crippen LogP contribution in [0.1, 0.15) is 5.82 Å². The van der Waals surface area contributed by atoms with E-state index in [9.17, 15) is 9.59 Å². The van der Waals surface area contributed by atoms with Gasteiger partial charge in [0.2, 0.25) is 17.8 Å². The first-order valence-electron chi connectivity index (χ1n) is 6.31. The lowest BCUT2D eigenvalue weighted by molar-refractivity contribution is -0.124. The molecule has 1 saturated heterocycles. The number of hydrogen-bond acceptors (Lipinski definition) is 8. The van der Waals surface area contributed by atoms with Gasteiger partial charge in [0.25, 0.3) is 0 Å². The molecule has 1 aliphatic rings. The predicted molar refractivity (Wildman–Crippen MR) is 79.8 cm³/mol. The van der Waals surface area contributed by atoms with Crippen LogP contribution in [0, 0.1) is 0 Å². The standard InChI is InChI=1S/C11H17N7O2S/c1-17(2)10-15-7(14-9(12)16-10)6-21-4-3-18-8(19)5-13-11(18)20/h3-6H2,1-2H3,(H,13,20)(H2,12,14,15,16). The first-order valence-corrected chi connectivity index (χ1v) is 7.46. The number of nitrogen functional groups attached to an aromatic ring is 1. The Hall–Kier alpha value is -2.10. The fourth-order valence-corrected chi connectivity index (χ4v) is 2.46. The second kappa shape index (κ2) is 6.57. The van der Waals surface area contributed by atoms with E-state index in [0.29, 0.717) is 29.8 Å². The lowest BCUT2D eigenvalue weighted by atomic mass is 10.5. The number of aromatic nitrogens is 3. The van der Waals surface area contributed by atoms with Gasteiger partial charge < -0.3 is 16.0 Å². The maximum atomic E-state index is 11.4. The van der Waals surface area contributed by atoms with Crippen molar-refractivity contribution >= 4 is 35.6 Å². The highest BCUT2D eigenvalue weighted by Gasteiger charge is 2.27. The summed E-state index contributed by atoms with van der Waals surface area (Å²) in [6.45, 7) is 0.454. The van der Waals surface area contributed by atoms with Gasteiger partial charge in [-0.15, -0.1) is 0 Å². The summed E-state index contributed by atoms with van der Waals surface area (Å²) in [5, 5.41) is 2.48. The number of nitrogens with two attached hydrogens (primary N) is 1. The Balaban J connectivity index is 1.83. The van der Waals surface area contributed by atoms with Crippen molar-refractivity contribution in [1.29, 1.82) is 0 Å². The maximum Gasteiger partial charge on any atom is 0.324 e. The summed E-state index contributed by atoms with van der Waals surface area (Å²) in [7, 11) is 3.65. The van der Waals surface area contributed by atoms with Gasteiger partial charge in [-0.05, 0) is 0 Å². The van der Waals surface area contributed by atoms with Crippen LogP contribution in [0.25, 0.3) is 0 Å². The summed E-state index contributed by atoms with van der Waals surface area (Å²) in [5.41, 5.74) is 5.63. The molecular formula is C11H17N7O2S. The second-order valence-corrected chi connectivity index (χ2v) is 5.67. The van der Waals surface area contributed by atoms with Gasteiger partial charge in [0, 0.05) is 26.4 Å². The van der Waals surface area contributed by atoms with Crippen molar-refractivity contribution in [2.75, 3.05) is 43.6 Å². The molecule has 3 N–H and O–H groups in total. The molecule has 10 heteroatoms. The molecular weight excluding hydrogens is 294 g/mol. The van der Waals surface area contributed by atoms with E-state index in [1.165, 1.54) is 16.7 Å². The molecule has 0 aromatic carbocycles. The van der Waals surface area contributed by atoms with Crippen LogP contribution in [-0.2, 0) is 10.5 Å². The molecule has 0 aliphatic carbocycles. The normalized spacial score (nSPS) is 14.5. The van der Waals surface area contributed by atoms with Crippen LogP contribution in [0.3, 0.4) is 0 Å². The van der Waals surface area contributed by atoms with Crippen LogP contribution < -0.4 is 16.0 Å². The average molecular weight is 311 g/mol. The van der Waals surface area contributed by atoms with E-state index in [-0.39, 0.29) is 24.4 Å². The molecule has 21 heavy (non-hydrogen) atoms. The minimum Gasteiger partial charge on any atom is -0.368 e. The quantitative estimate of drug-likeness (QED) is 0.523. The molecule has 0 spiro atoms. The third kappa shape index (κ3) is 3.94. The summed E-state index contributed by atoms with van der Waals surface area (Å²) >= 11 is 1.53. The second-order valence-electron chi connectivity index (χ2n) is 4.56. The Morgan fingerprint density at radius 3 is 2.71 bits per heavy atom. The van der Waals surface area contributed by atoms with Crippen molar-refractivity contribution in [3.8, 4) is 0 Å². The minimum atomic E-state index is -0.333. The zero-order chi connectivity index (χ0) is 15.4. The lowest BCUT2D eigenvalue weighted by Crippen LogP contribution is -2.32. The lowest BCUT2D eigenvalue weighted by Gasteiger charge is -2.12. The highest BCUT2D eigenvalue weighted by Crippen LogP contribution is 2.13. The first kappa shape index (κ1) is 15.3. The smallest absolute Gasteiger partial charge is 0.324 e. The van der Waals surface area contributed by atoms with E-state index in [0.717, 1.165) is 0 Å². The van der Waals surface area contributed by atoms with Gasteiger partial charge in [-0.25, -0.2) is 4.79 Å². The fourth-order valence-electron chi connectivity index (χ4n) is 1.69. The van der Waals surface area contributed by atoms with Crippen LogP contribution in [0.4, 0.5) is 16.7 Å². The van der Waals surface area contributed by atoms with Crippen molar-refractivity contribution in [1.82, 2.24) is 25.2 Å². The molecule has 1 aromatic rings. The fraction of sp³-hybridized carbons (Fsp3) is 0.545. The van der Waals surface area contributed by atoms with E-state index < -0.39 is 0 Å². The van der Waals surface area contributed by atoms with Crippen LogP contribution in [0.2, 0.25) is 0 Å². The molecule has 0 atom stereocenters. The van der Waals surface area contributed by atoms with Crippen molar-refractivity contribution in [3.63, 3.8) is 0 Å². The summed E-state index contributed by atoms with van der Waals surface area (Å²) < 4.78 is 0. The zero-order valence-corrected chi connectivity index (χ0v) is 12.7. The Bertz CT molecular complexity index is 535. The highest BCUT2D eigenvalue weighted by atomic mass is 32.2. The molecule has 1 aliphatic heterocycles. The average Bonchev–Trinajstić information content (AvgIpc) is 2.74. The number of carbonyl (C=O) groups is 2. The molecule has 0 saturated carbocycles. The maximum absolute atomic E-state index is 11.4. The minimum absolute atomic E-state index is 0.0830. The Labute approximate surface area is 126 Å². The van der Waals surface area contributed by atoms with Gasteiger partial charge in [-0.3, -0.25) is 9.69 Å². The summed E-state index contributed by atoms with van der Waals surface area (Å²) in [6, 6.07) is -0.333. The molecule has 114 valence electrons. The molecule has 1 fully saturated rings. The van der Waals surface area contributed by atoms with Gasteiger partial charge in [0.05, 0.1) is 12.3 Å². The highest BCUT2D eigenvalue weighted by molar-refractivity contribution is 7.98. The van der Waals surface area contributed by atoms with Crippen LogP contribution in [0.5, 0.6) is 0 Å². The molecule has 2 heterocycles. The Morgan fingerprint density at radius 2 is 2.10 bits per heavy atom. The van der Waals surface area contributed by atoms with Gasteiger partial charge in [-0.1, -0.05) is 0 Å². The number of urea groups is 1.